The number of amides is 1. The van der Waals surface area contributed by atoms with Crippen molar-refractivity contribution in [3.63, 3.8) is 0 Å². The fraction of sp³-hybridized carbons (Fsp3) is 0.867. The van der Waals surface area contributed by atoms with Crippen molar-refractivity contribution in [2.24, 2.45) is 10.9 Å². The number of rotatable bonds is 3. The van der Waals surface area contributed by atoms with E-state index < -0.39 is 0 Å². The maximum absolute atomic E-state index is 12.1. The lowest BCUT2D eigenvalue weighted by Crippen LogP contribution is -2.50. The molecule has 2 heterocycles. The van der Waals surface area contributed by atoms with Crippen LogP contribution in [0.3, 0.4) is 0 Å². The summed E-state index contributed by atoms with van der Waals surface area (Å²) in [5.74, 6) is 1.21. The fourth-order valence-electron chi connectivity index (χ4n) is 2.77. The standard InChI is InChI=1S/C15H25N3OS/c1-15(2)11-16-14(20-15)18-9-7-17(8-10-18)13(19)6-5-12-3-4-12/h12H,3-11H2,1-2H3. The Morgan fingerprint density at radius 1 is 1.30 bits per heavy atom. The molecule has 1 amide bonds. The molecule has 0 bridgehead atoms. The summed E-state index contributed by atoms with van der Waals surface area (Å²) >= 11 is 1.88. The molecule has 0 aromatic rings. The smallest absolute Gasteiger partial charge is 0.222 e. The zero-order chi connectivity index (χ0) is 14.2. The predicted octanol–water partition coefficient (Wildman–Crippen LogP) is 2.20. The molecule has 1 saturated carbocycles. The second-order valence-corrected chi connectivity index (χ2v) is 8.48. The van der Waals surface area contributed by atoms with E-state index in [2.05, 4.69) is 23.7 Å². The molecule has 112 valence electrons. The van der Waals surface area contributed by atoms with Gasteiger partial charge in [-0.25, -0.2) is 0 Å². The third-order valence-electron chi connectivity index (χ3n) is 4.33. The average Bonchev–Trinajstić information content (AvgIpc) is 3.19. The Kier molecular flexibility index (Phi) is 3.98. The Morgan fingerprint density at radius 3 is 2.55 bits per heavy atom. The van der Waals surface area contributed by atoms with Gasteiger partial charge >= 0.3 is 0 Å². The second-order valence-electron chi connectivity index (χ2n) is 6.81. The zero-order valence-corrected chi connectivity index (χ0v) is 13.4. The number of carbonyl (C=O) groups is 1. The maximum atomic E-state index is 12.1. The van der Waals surface area contributed by atoms with Gasteiger partial charge in [-0.1, -0.05) is 24.6 Å². The summed E-state index contributed by atoms with van der Waals surface area (Å²) in [7, 11) is 0. The molecule has 0 spiro atoms. The van der Waals surface area contributed by atoms with E-state index in [9.17, 15) is 4.79 Å². The van der Waals surface area contributed by atoms with Gasteiger partial charge in [0.25, 0.3) is 0 Å². The Morgan fingerprint density at radius 2 is 2.00 bits per heavy atom. The van der Waals surface area contributed by atoms with Crippen molar-refractivity contribution >= 4 is 22.8 Å². The van der Waals surface area contributed by atoms with Gasteiger partial charge in [-0.2, -0.15) is 0 Å². The highest BCUT2D eigenvalue weighted by molar-refractivity contribution is 8.15. The summed E-state index contributed by atoms with van der Waals surface area (Å²) in [6.45, 7) is 9.01. The lowest BCUT2D eigenvalue weighted by molar-refractivity contribution is -0.132. The van der Waals surface area contributed by atoms with Crippen molar-refractivity contribution in [2.45, 2.75) is 44.3 Å². The van der Waals surface area contributed by atoms with Crippen LogP contribution in [0, 0.1) is 5.92 Å². The summed E-state index contributed by atoms with van der Waals surface area (Å²) in [6, 6.07) is 0. The summed E-state index contributed by atoms with van der Waals surface area (Å²) < 4.78 is 0.243. The maximum Gasteiger partial charge on any atom is 0.222 e. The minimum Gasteiger partial charge on any atom is -0.348 e. The first-order valence-electron chi connectivity index (χ1n) is 7.80. The van der Waals surface area contributed by atoms with Crippen molar-refractivity contribution < 1.29 is 4.79 Å². The molecule has 0 aromatic heterocycles. The first kappa shape index (κ1) is 14.2. The van der Waals surface area contributed by atoms with Gasteiger partial charge in [0.05, 0.1) is 6.54 Å². The third-order valence-corrected chi connectivity index (χ3v) is 5.58. The SMILES string of the molecule is CC1(C)CN=C(N2CCN(C(=O)CCC3CC3)CC2)S1. The van der Waals surface area contributed by atoms with Gasteiger partial charge in [0.1, 0.15) is 0 Å². The van der Waals surface area contributed by atoms with Crippen LogP contribution >= 0.6 is 11.8 Å². The van der Waals surface area contributed by atoms with Gasteiger partial charge in [0, 0.05) is 37.3 Å². The molecule has 2 fully saturated rings. The normalized spacial score (nSPS) is 25.8. The number of thioether (sulfide) groups is 1. The van der Waals surface area contributed by atoms with Crippen molar-refractivity contribution in [1.29, 1.82) is 0 Å². The first-order chi connectivity index (χ1) is 9.53. The van der Waals surface area contributed by atoms with Crippen molar-refractivity contribution in [1.82, 2.24) is 9.80 Å². The molecule has 0 N–H and O–H groups in total. The highest BCUT2D eigenvalue weighted by atomic mass is 32.2. The van der Waals surface area contributed by atoms with Gasteiger partial charge in [0.15, 0.2) is 5.17 Å². The molecule has 0 unspecified atom stereocenters. The molecule has 4 nitrogen and oxygen atoms in total. The van der Waals surface area contributed by atoms with Crippen LogP contribution in [-0.4, -0.2) is 58.3 Å². The van der Waals surface area contributed by atoms with Crippen LogP contribution in [0.1, 0.15) is 39.5 Å². The minimum absolute atomic E-state index is 0.243. The molecule has 0 radical (unpaired) electrons. The molecule has 2 aliphatic heterocycles. The van der Waals surface area contributed by atoms with Gasteiger partial charge in [-0.3, -0.25) is 9.79 Å². The van der Waals surface area contributed by atoms with E-state index in [0.29, 0.717) is 5.91 Å². The Labute approximate surface area is 126 Å². The van der Waals surface area contributed by atoms with Crippen LogP contribution in [0.2, 0.25) is 0 Å². The topological polar surface area (TPSA) is 35.9 Å². The van der Waals surface area contributed by atoms with E-state index in [4.69, 9.17) is 0 Å². The summed E-state index contributed by atoms with van der Waals surface area (Å²) in [5.41, 5.74) is 0. The fourth-order valence-corrected chi connectivity index (χ4v) is 3.84. The highest BCUT2D eigenvalue weighted by Gasteiger charge is 2.32. The molecule has 0 atom stereocenters. The summed E-state index contributed by atoms with van der Waals surface area (Å²) in [4.78, 5) is 21.2. The predicted molar refractivity (Wildman–Crippen MR) is 84.1 cm³/mol. The molecule has 20 heavy (non-hydrogen) atoms. The van der Waals surface area contributed by atoms with Crippen LogP contribution in [0.5, 0.6) is 0 Å². The van der Waals surface area contributed by atoms with E-state index in [1.54, 1.807) is 0 Å². The van der Waals surface area contributed by atoms with E-state index in [1.807, 2.05) is 16.7 Å². The Hall–Kier alpha value is -0.710. The van der Waals surface area contributed by atoms with E-state index in [0.717, 1.165) is 51.5 Å². The molecule has 5 heteroatoms. The Balaban J connectivity index is 1.43. The number of piperazine rings is 1. The monoisotopic (exact) mass is 295 g/mol. The van der Waals surface area contributed by atoms with Crippen molar-refractivity contribution in [2.75, 3.05) is 32.7 Å². The van der Waals surface area contributed by atoms with Gasteiger partial charge in [-0.15, -0.1) is 0 Å². The molecular weight excluding hydrogens is 270 g/mol. The van der Waals surface area contributed by atoms with Crippen LogP contribution in [-0.2, 0) is 4.79 Å². The number of amidine groups is 1. The van der Waals surface area contributed by atoms with E-state index >= 15 is 0 Å². The van der Waals surface area contributed by atoms with Crippen molar-refractivity contribution in [3.8, 4) is 0 Å². The number of hydrogen-bond acceptors (Lipinski definition) is 4. The highest BCUT2D eigenvalue weighted by Crippen LogP contribution is 2.34. The van der Waals surface area contributed by atoms with Crippen molar-refractivity contribution in [3.05, 3.63) is 0 Å². The van der Waals surface area contributed by atoms with Gasteiger partial charge in [0.2, 0.25) is 5.91 Å². The van der Waals surface area contributed by atoms with E-state index in [1.165, 1.54) is 18.0 Å². The van der Waals surface area contributed by atoms with E-state index in [-0.39, 0.29) is 4.75 Å². The second kappa shape index (κ2) is 5.58. The first-order valence-corrected chi connectivity index (χ1v) is 8.61. The van der Waals surface area contributed by atoms with Crippen LogP contribution in [0.25, 0.3) is 0 Å². The number of carbonyl (C=O) groups excluding carboxylic acids is 1. The molecule has 0 aromatic carbocycles. The molecular formula is C15H25N3OS. The third kappa shape index (κ3) is 3.48. The minimum atomic E-state index is 0.243. The summed E-state index contributed by atoms with van der Waals surface area (Å²) in [5, 5.41) is 1.18. The number of aliphatic imine (C=N–C) groups is 1. The van der Waals surface area contributed by atoms with Gasteiger partial charge < -0.3 is 9.80 Å². The molecule has 1 saturated heterocycles. The quantitative estimate of drug-likeness (QED) is 0.801. The zero-order valence-electron chi connectivity index (χ0n) is 12.6. The van der Waals surface area contributed by atoms with Gasteiger partial charge in [-0.05, 0) is 26.2 Å². The molecule has 1 aliphatic carbocycles. The lowest BCUT2D eigenvalue weighted by Gasteiger charge is -2.36. The van der Waals surface area contributed by atoms with Crippen LogP contribution in [0.4, 0.5) is 0 Å². The average molecular weight is 295 g/mol. The van der Waals surface area contributed by atoms with Crippen LogP contribution < -0.4 is 0 Å². The largest absolute Gasteiger partial charge is 0.348 e. The number of hydrogen-bond donors (Lipinski definition) is 0. The molecule has 3 rings (SSSR count). The van der Waals surface area contributed by atoms with Crippen LogP contribution in [0.15, 0.2) is 4.99 Å². The molecule has 3 aliphatic rings. The summed E-state index contributed by atoms with van der Waals surface area (Å²) in [6.07, 6.45) is 4.55. The number of nitrogens with zero attached hydrogens (tertiary/aromatic N) is 3. The Bertz CT molecular complexity index is 409. The lowest BCUT2D eigenvalue weighted by atomic mass is 10.2.